The zero-order chi connectivity index (χ0) is 21.7. The second kappa shape index (κ2) is 9.49. The number of anilines is 1. The second-order valence-electron chi connectivity index (χ2n) is 7.68. The molecule has 0 unspecified atom stereocenters. The van der Waals surface area contributed by atoms with Gasteiger partial charge in [-0.2, -0.15) is 0 Å². The highest BCUT2D eigenvalue weighted by Crippen LogP contribution is 2.25. The molecule has 2 amide bonds. The van der Waals surface area contributed by atoms with Gasteiger partial charge in [-0.05, 0) is 56.4 Å². The maximum Gasteiger partial charge on any atom is 0.321 e. The smallest absolute Gasteiger partial charge is 0.321 e. The van der Waals surface area contributed by atoms with E-state index in [1.807, 2.05) is 25.1 Å². The Morgan fingerprint density at radius 3 is 2.50 bits per heavy atom. The average molecular weight is 432 g/mol. The summed E-state index contributed by atoms with van der Waals surface area (Å²) in [5.74, 6) is 0.808. The van der Waals surface area contributed by atoms with Gasteiger partial charge in [-0.3, -0.25) is 0 Å². The van der Waals surface area contributed by atoms with Gasteiger partial charge in [0.1, 0.15) is 5.75 Å². The minimum absolute atomic E-state index is 0.172. The zero-order valence-corrected chi connectivity index (χ0v) is 18.5. The lowest BCUT2D eigenvalue weighted by Gasteiger charge is -2.32. The van der Waals surface area contributed by atoms with E-state index in [0.717, 1.165) is 24.0 Å². The van der Waals surface area contributed by atoms with E-state index in [9.17, 15) is 13.2 Å². The van der Waals surface area contributed by atoms with Gasteiger partial charge in [-0.15, -0.1) is 0 Å². The van der Waals surface area contributed by atoms with Crippen molar-refractivity contribution in [1.29, 1.82) is 0 Å². The van der Waals surface area contributed by atoms with Crippen molar-refractivity contribution in [2.75, 3.05) is 32.1 Å². The van der Waals surface area contributed by atoms with Crippen LogP contribution in [0.3, 0.4) is 0 Å². The van der Waals surface area contributed by atoms with Crippen LogP contribution in [-0.2, 0) is 10.0 Å². The van der Waals surface area contributed by atoms with Gasteiger partial charge in [0.15, 0.2) is 0 Å². The van der Waals surface area contributed by atoms with E-state index in [1.165, 1.54) is 0 Å². The molecular weight excluding hydrogens is 402 g/mol. The van der Waals surface area contributed by atoms with Crippen LogP contribution in [0.4, 0.5) is 10.5 Å². The van der Waals surface area contributed by atoms with E-state index in [-0.39, 0.29) is 11.9 Å². The number of sulfonamides is 1. The number of rotatable bonds is 6. The Balaban J connectivity index is 1.51. The maximum absolute atomic E-state index is 12.6. The first-order valence-electron chi connectivity index (χ1n) is 10.1. The number of para-hydroxylation sites is 2. The van der Waals surface area contributed by atoms with Gasteiger partial charge in [-0.25, -0.2) is 17.9 Å². The van der Waals surface area contributed by atoms with E-state index in [2.05, 4.69) is 10.0 Å². The summed E-state index contributed by atoms with van der Waals surface area (Å²) in [7, 11) is -1.98. The number of methoxy groups -OCH3 is 1. The molecule has 0 spiro atoms. The lowest BCUT2D eigenvalue weighted by Crippen LogP contribution is -2.43. The number of hydrogen-bond donors (Lipinski definition) is 2. The van der Waals surface area contributed by atoms with Crippen LogP contribution in [0.1, 0.15) is 24.0 Å². The molecule has 162 valence electrons. The van der Waals surface area contributed by atoms with Gasteiger partial charge in [0.25, 0.3) is 0 Å². The minimum atomic E-state index is -3.54. The minimum Gasteiger partial charge on any atom is -0.495 e. The topological polar surface area (TPSA) is 87.7 Å². The van der Waals surface area contributed by atoms with Crippen LogP contribution in [0.5, 0.6) is 5.75 Å². The Kier molecular flexibility index (Phi) is 6.99. The Morgan fingerprint density at radius 1 is 1.13 bits per heavy atom. The van der Waals surface area contributed by atoms with Crippen LogP contribution in [0.2, 0.25) is 0 Å². The molecule has 1 heterocycles. The summed E-state index contributed by atoms with van der Waals surface area (Å²) in [6.45, 7) is 5.28. The SMILES string of the molecule is COc1ccccc1NC(=O)N1CCC(CNS(=O)(=O)c2ccc(C)cc2C)CC1. The number of amides is 2. The summed E-state index contributed by atoms with van der Waals surface area (Å²) in [4.78, 5) is 14.6. The van der Waals surface area contributed by atoms with Gasteiger partial charge >= 0.3 is 6.03 Å². The van der Waals surface area contributed by atoms with Crippen LogP contribution in [-0.4, -0.2) is 46.1 Å². The predicted molar refractivity (Wildman–Crippen MR) is 117 cm³/mol. The molecule has 0 atom stereocenters. The quantitative estimate of drug-likeness (QED) is 0.732. The second-order valence-corrected chi connectivity index (χ2v) is 9.42. The standard InChI is InChI=1S/C22H29N3O4S/c1-16-8-9-21(17(2)14-16)30(27,28)23-15-18-10-12-25(13-11-18)22(26)24-19-6-4-5-7-20(19)29-3/h4-9,14,18,23H,10-13,15H2,1-3H3,(H,24,26). The third-order valence-electron chi connectivity index (χ3n) is 5.43. The van der Waals surface area contributed by atoms with Gasteiger partial charge in [0, 0.05) is 19.6 Å². The molecule has 30 heavy (non-hydrogen) atoms. The number of benzene rings is 2. The molecule has 7 nitrogen and oxygen atoms in total. The van der Waals surface area contributed by atoms with E-state index in [0.29, 0.717) is 36.0 Å². The van der Waals surface area contributed by atoms with Crippen LogP contribution < -0.4 is 14.8 Å². The molecule has 0 aromatic heterocycles. The molecule has 0 aliphatic carbocycles. The molecule has 1 aliphatic rings. The third kappa shape index (κ3) is 5.31. The first kappa shape index (κ1) is 22.1. The lowest BCUT2D eigenvalue weighted by atomic mass is 9.97. The van der Waals surface area contributed by atoms with Crippen molar-refractivity contribution in [1.82, 2.24) is 9.62 Å². The normalized spacial score (nSPS) is 15.1. The monoisotopic (exact) mass is 431 g/mol. The van der Waals surface area contributed by atoms with Gasteiger partial charge in [-0.1, -0.05) is 29.8 Å². The highest BCUT2D eigenvalue weighted by Gasteiger charge is 2.25. The number of urea groups is 1. The number of aryl methyl sites for hydroxylation is 2. The number of carbonyl (C=O) groups excluding carboxylic acids is 1. The number of piperidine rings is 1. The molecule has 0 saturated carbocycles. The molecule has 1 fully saturated rings. The first-order chi connectivity index (χ1) is 14.3. The van der Waals surface area contributed by atoms with Crippen molar-refractivity contribution >= 4 is 21.7 Å². The Hall–Kier alpha value is -2.58. The molecule has 2 aromatic carbocycles. The first-order valence-corrected chi connectivity index (χ1v) is 11.5. The zero-order valence-electron chi connectivity index (χ0n) is 17.6. The number of nitrogens with one attached hydrogen (secondary N) is 2. The largest absolute Gasteiger partial charge is 0.495 e. The molecule has 2 aromatic rings. The lowest BCUT2D eigenvalue weighted by molar-refractivity contribution is 0.183. The summed E-state index contributed by atoms with van der Waals surface area (Å²) >= 11 is 0. The maximum atomic E-state index is 12.6. The van der Waals surface area contributed by atoms with E-state index >= 15 is 0 Å². The summed E-state index contributed by atoms with van der Waals surface area (Å²) < 4.78 is 33.3. The Labute approximate surface area is 178 Å². The summed E-state index contributed by atoms with van der Waals surface area (Å²) in [6.07, 6.45) is 1.49. The molecule has 1 saturated heterocycles. The molecule has 1 aliphatic heterocycles. The highest BCUT2D eigenvalue weighted by molar-refractivity contribution is 7.89. The fourth-order valence-electron chi connectivity index (χ4n) is 3.69. The van der Waals surface area contributed by atoms with E-state index in [1.54, 1.807) is 43.2 Å². The summed E-state index contributed by atoms with van der Waals surface area (Å²) in [5.41, 5.74) is 2.41. The van der Waals surface area contributed by atoms with Crippen LogP contribution in [0.25, 0.3) is 0 Å². The number of likely N-dealkylation sites (tertiary alicyclic amines) is 1. The number of hydrogen-bond acceptors (Lipinski definition) is 4. The number of nitrogens with zero attached hydrogens (tertiary/aromatic N) is 1. The van der Waals surface area contributed by atoms with Gasteiger partial charge in [0.05, 0.1) is 17.7 Å². The number of carbonyl (C=O) groups is 1. The Morgan fingerprint density at radius 2 is 1.83 bits per heavy atom. The molecule has 0 bridgehead atoms. The molecule has 8 heteroatoms. The average Bonchev–Trinajstić information content (AvgIpc) is 2.73. The predicted octanol–water partition coefficient (Wildman–Crippen LogP) is 3.53. The molecule has 0 radical (unpaired) electrons. The van der Waals surface area contributed by atoms with Crippen molar-refractivity contribution in [3.05, 3.63) is 53.6 Å². The van der Waals surface area contributed by atoms with Crippen molar-refractivity contribution in [3.63, 3.8) is 0 Å². The number of ether oxygens (including phenoxy) is 1. The fourth-order valence-corrected chi connectivity index (χ4v) is 5.03. The fraction of sp³-hybridized carbons (Fsp3) is 0.409. The Bertz CT molecular complexity index is 999. The van der Waals surface area contributed by atoms with Crippen molar-refractivity contribution < 1.29 is 17.9 Å². The van der Waals surface area contributed by atoms with Crippen LogP contribution >= 0.6 is 0 Å². The molecular formula is C22H29N3O4S. The molecule has 3 rings (SSSR count). The highest BCUT2D eigenvalue weighted by atomic mass is 32.2. The van der Waals surface area contributed by atoms with Crippen LogP contribution in [0, 0.1) is 19.8 Å². The molecule has 2 N–H and O–H groups in total. The van der Waals surface area contributed by atoms with Crippen molar-refractivity contribution in [2.45, 2.75) is 31.6 Å². The van der Waals surface area contributed by atoms with Crippen molar-refractivity contribution in [3.8, 4) is 5.75 Å². The van der Waals surface area contributed by atoms with E-state index in [4.69, 9.17) is 4.74 Å². The summed E-state index contributed by atoms with van der Waals surface area (Å²) in [6, 6.07) is 12.4. The van der Waals surface area contributed by atoms with Crippen LogP contribution in [0.15, 0.2) is 47.4 Å². The van der Waals surface area contributed by atoms with Gasteiger partial charge < -0.3 is 15.0 Å². The van der Waals surface area contributed by atoms with Crippen molar-refractivity contribution in [2.24, 2.45) is 5.92 Å². The van der Waals surface area contributed by atoms with Gasteiger partial charge in [0.2, 0.25) is 10.0 Å². The van der Waals surface area contributed by atoms with E-state index < -0.39 is 10.0 Å². The summed E-state index contributed by atoms with van der Waals surface area (Å²) in [5, 5.41) is 2.88. The third-order valence-corrected chi connectivity index (χ3v) is 7.02.